The zero-order chi connectivity index (χ0) is 36.5. The van der Waals surface area contributed by atoms with E-state index in [4.69, 9.17) is 26.2 Å². The lowest BCUT2D eigenvalue weighted by atomic mass is 10.1. The second kappa shape index (κ2) is 19.9. The molecule has 14 heteroatoms. The van der Waals surface area contributed by atoms with Gasteiger partial charge in [0.25, 0.3) is 0 Å². The normalized spacial score (nSPS) is 11.4. The number of urea groups is 2. The summed E-state index contributed by atoms with van der Waals surface area (Å²) in [6.07, 6.45) is 0.570. The molecule has 6 N–H and O–H groups in total. The predicted octanol–water partition coefficient (Wildman–Crippen LogP) is 6.17. The average molecular weight is 709 g/mol. The van der Waals surface area contributed by atoms with E-state index >= 15 is 0 Å². The molecule has 264 valence electrons. The number of rotatable bonds is 12. The zero-order valence-electron chi connectivity index (χ0n) is 27.3. The molecule has 4 aromatic carbocycles. The van der Waals surface area contributed by atoms with Crippen molar-refractivity contribution in [2.45, 2.75) is 38.8 Å². The number of nitrogens with one attached hydrogen (secondary N) is 4. The van der Waals surface area contributed by atoms with Crippen molar-refractivity contribution >= 4 is 47.0 Å². The number of esters is 2. The second-order valence-electron chi connectivity index (χ2n) is 10.5. The minimum Gasteiger partial charge on any atom is -0.506 e. The largest absolute Gasteiger partial charge is 0.506 e. The smallest absolute Gasteiger partial charge is 0.329 e. The van der Waals surface area contributed by atoms with Crippen LogP contribution in [0, 0.1) is 5.82 Å². The van der Waals surface area contributed by atoms with Crippen LogP contribution in [0.5, 0.6) is 11.5 Å². The van der Waals surface area contributed by atoms with Crippen molar-refractivity contribution in [3.8, 4) is 11.5 Å². The summed E-state index contributed by atoms with van der Waals surface area (Å²) in [7, 11) is 0. The maximum absolute atomic E-state index is 13.3. The number of amides is 4. The van der Waals surface area contributed by atoms with Gasteiger partial charge in [-0.3, -0.25) is 0 Å². The van der Waals surface area contributed by atoms with Crippen LogP contribution < -0.4 is 21.3 Å². The summed E-state index contributed by atoms with van der Waals surface area (Å²) in [4.78, 5) is 48.5. The average Bonchev–Trinajstić information content (AvgIpc) is 3.09. The van der Waals surface area contributed by atoms with Crippen molar-refractivity contribution in [3.05, 3.63) is 119 Å². The third kappa shape index (κ3) is 13.0. The second-order valence-corrected chi connectivity index (χ2v) is 10.9. The molecule has 0 saturated heterocycles. The van der Waals surface area contributed by atoms with E-state index in [9.17, 15) is 28.7 Å². The molecule has 0 aromatic heterocycles. The van der Waals surface area contributed by atoms with Crippen LogP contribution in [-0.4, -0.2) is 59.5 Å². The molecule has 0 aliphatic heterocycles. The Morgan fingerprint density at radius 2 is 1.08 bits per heavy atom. The first-order chi connectivity index (χ1) is 24.0. The van der Waals surface area contributed by atoms with Gasteiger partial charge < -0.3 is 41.0 Å². The SMILES string of the molecule is CCOC(=O)C(Cc1ccccc1)NC(=O)Nc1ccc(O)c(Cl)c1.CCOC(=O)C(Cc1ccccc1)NC(=O)Nc1ccc(O)c(F)c1. The number of aromatic hydroxyl groups is 2. The van der Waals surface area contributed by atoms with Crippen molar-refractivity contribution in [1.82, 2.24) is 10.6 Å². The first-order valence-electron chi connectivity index (χ1n) is 15.5. The monoisotopic (exact) mass is 708 g/mol. The molecule has 50 heavy (non-hydrogen) atoms. The molecule has 2 atom stereocenters. The molecule has 0 aliphatic carbocycles. The van der Waals surface area contributed by atoms with Gasteiger partial charge in [0.05, 0.1) is 18.2 Å². The molecule has 0 heterocycles. The van der Waals surface area contributed by atoms with E-state index in [1.807, 2.05) is 60.7 Å². The number of hydrogen-bond donors (Lipinski definition) is 6. The van der Waals surface area contributed by atoms with E-state index in [-0.39, 0.29) is 36.1 Å². The summed E-state index contributed by atoms with van der Waals surface area (Å²) in [6.45, 7) is 3.80. The van der Waals surface area contributed by atoms with E-state index in [2.05, 4.69) is 21.3 Å². The number of halogens is 2. The highest BCUT2D eigenvalue weighted by molar-refractivity contribution is 6.32. The Morgan fingerprint density at radius 3 is 1.48 bits per heavy atom. The molecule has 0 spiro atoms. The minimum atomic E-state index is -0.885. The molecular weight excluding hydrogens is 671 g/mol. The lowest BCUT2D eigenvalue weighted by Crippen LogP contribution is -2.45. The van der Waals surface area contributed by atoms with Crippen LogP contribution in [0.25, 0.3) is 0 Å². The molecule has 0 fully saturated rings. The van der Waals surface area contributed by atoms with Gasteiger partial charge in [0, 0.05) is 30.3 Å². The number of phenolic OH excluding ortho intramolecular Hbond substituents is 2. The van der Waals surface area contributed by atoms with E-state index in [0.29, 0.717) is 12.1 Å². The highest BCUT2D eigenvalue weighted by atomic mass is 35.5. The Bertz CT molecular complexity index is 1600. The van der Waals surface area contributed by atoms with Gasteiger partial charge in [-0.1, -0.05) is 72.3 Å². The number of ether oxygens (including phenoxy) is 2. The van der Waals surface area contributed by atoms with Crippen molar-refractivity contribution in [2.24, 2.45) is 0 Å². The summed E-state index contributed by atoms with van der Waals surface area (Å²) >= 11 is 5.81. The predicted molar refractivity (Wildman–Crippen MR) is 187 cm³/mol. The lowest BCUT2D eigenvalue weighted by Gasteiger charge is -2.18. The molecule has 0 radical (unpaired) electrons. The molecule has 4 rings (SSSR count). The number of carbonyl (C=O) groups is 4. The Kier molecular flexibility index (Phi) is 15.3. The first kappa shape index (κ1) is 38.6. The van der Waals surface area contributed by atoms with E-state index < -0.39 is 47.7 Å². The maximum Gasteiger partial charge on any atom is 0.329 e. The summed E-state index contributed by atoms with van der Waals surface area (Å²) in [5, 5.41) is 28.8. The van der Waals surface area contributed by atoms with E-state index in [1.54, 1.807) is 13.8 Å². The van der Waals surface area contributed by atoms with Crippen molar-refractivity contribution < 1.29 is 43.3 Å². The lowest BCUT2D eigenvalue weighted by molar-refractivity contribution is -0.146. The number of phenols is 2. The molecule has 4 amide bonds. The molecular formula is C36H38ClFN4O8. The fourth-order valence-corrected chi connectivity index (χ4v) is 4.57. The highest BCUT2D eigenvalue weighted by Crippen LogP contribution is 2.26. The zero-order valence-corrected chi connectivity index (χ0v) is 28.1. The maximum atomic E-state index is 13.3. The van der Waals surface area contributed by atoms with Crippen molar-refractivity contribution in [2.75, 3.05) is 23.8 Å². The molecule has 12 nitrogen and oxygen atoms in total. The van der Waals surface area contributed by atoms with Crippen LogP contribution in [0.3, 0.4) is 0 Å². The molecule has 0 bridgehead atoms. The van der Waals surface area contributed by atoms with Crippen LogP contribution >= 0.6 is 11.6 Å². The standard InChI is InChI=1S/C18H19ClN2O4.C18H19FN2O4/c2*1-2-25-17(23)15(10-12-6-4-3-5-7-12)21-18(24)20-13-8-9-16(22)14(19)11-13/h2*3-9,11,15,22H,2,10H2,1H3,(H2,20,21,24). The number of hydrogen-bond acceptors (Lipinski definition) is 8. The summed E-state index contributed by atoms with van der Waals surface area (Å²) in [5.41, 5.74) is 2.29. The van der Waals surface area contributed by atoms with E-state index in [0.717, 1.165) is 23.3 Å². The molecule has 4 aromatic rings. The number of carbonyl (C=O) groups excluding carboxylic acids is 4. The van der Waals surface area contributed by atoms with E-state index in [1.165, 1.54) is 24.3 Å². The highest BCUT2D eigenvalue weighted by Gasteiger charge is 2.24. The Hall–Kier alpha value is -5.82. The molecule has 0 saturated carbocycles. The van der Waals surface area contributed by atoms with Gasteiger partial charge in [-0.15, -0.1) is 0 Å². The Labute approximate surface area is 293 Å². The van der Waals surface area contributed by atoms with Crippen LogP contribution in [0.1, 0.15) is 25.0 Å². The summed E-state index contributed by atoms with van der Waals surface area (Å²) < 4.78 is 23.3. The van der Waals surface area contributed by atoms with Gasteiger partial charge in [-0.05, 0) is 55.3 Å². The fraction of sp³-hybridized carbons (Fsp3) is 0.222. The topological polar surface area (TPSA) is 175 Å². The summed E-state index contributed by atoms with van der Waals surface area (Å²) in [6, 6.07) is 23.3. The van der Waals surface area contributed by atoms with Crippen molar-refractivity contribution in [3.63, 3.8) is 0 Å². The van der Waals surface area contributed by atoms with Crippen molar-refractivity contribution in [1.29, 1.82) is 0 Å². The van der Waals surface area contributed by atoms with Crippen LogP contribution in [-0.2, 0) is 31.9 Å². The Balaban J connectivity index is 0.000000270. The van der Waals surface area contributed by atoms with Gasteiger partial charge in [-0.2, -0.15) is 0 Å². The van der Waals surface area contributed by atoms with Gasteiger partial charge >= 0.3 is 24.0 Å². The van der Waals surface area contributed by atoms with Gasteiger partial charge in [0.1, 0.15) is 17.8 Å². The van der Waals surface area contributed by atoms with Crippen LogP contribution in [0.15, 0.2) is 97.1 Å². The fourth-order valence-electron chi connectivity index (χ4n) is 4.39. The van der Waals surface area contributed by atoms with Gasteiger partial charge in [-0.25, -0.2) is 23.6 Å². The quantitative estimate of drug-likeness (QED) is 0.0748. The first-order valence-corrected chi connectivity index (χ1v) is 15.9. The van der Waals surface area contributed by atoms with Crippen LogP contribution in [0.2, 0.25) is 5.02 Å². The van der Waals surface area contributed by atoms with Gasteiger partial charge in [0.15, 0.2) is 11.6 Å². The summed E-state index contributed by atoms with van der Waals surface area (Å²) in [5.74, 6) is -2.52. The minimum absolute atomic E-state index is 0.0823. The number of benzene rings is 4. The third-order valence-corrected chi connectivity index (χ3v) is 7.03. The van der Waals surface area contributed by atoms with Gasteiger partial charge in [0.2, 0.25) is 0 Å². The van der Waals surface area contributed by atoms with Crippen LogP contribution in [0.4, 0.5) is 25.4 Å². The third-order valence-electron chi connectivity index (χ3n) is 6.73. The molecule has 2 unspecified atom stereocenters. The Morgan fingerprint density at radius 1 is 0.660 bits per heavy atom. The number of anilines is 2. The molecule has 0 aliphatic rings.